The molecule has 3 N–H and O–H groups in total. The van der Waals surface area contributed by atoms with Crippen molar-refractivity contribution in [1.82, 2.24) is 19.5 Å². The summed E-state index contributed by atoms with van der Waals surface area (Å²) >= 11 is 5.74. The molecule has 0 spiro atoms. The summed E-state index contributed by atoms with van der Waals surface area (Å²) in [6.07, 6.45) is 1.25. The summed E-state index contributed by atoms with van der Waals surface area (Å²) in [5.74, 6) is -1.18. The first kappa shape index (κ1) is 9.81. The molecule has 0 fully saturated rings. The van der Waals surface area contributed by atoms with Crippen LogP contribution in [0.3, 0.4) is 0 Å². The second-order valence-corrected chi connectivity index (χ2v) is 3.13. The van der Waals surface area contributed by atoms with Crippen LogP contribution in [-0.4, -0.2) is 30.6 Å². The monoisotopic (exact) mass is 227 g/mol. The number of aromatic nitrogens is 4. The fourth-order valence-corrected chi connectivity index (χ4v) is 1.32. The number of carbonyl (C=O) groups is 1. The number of rotatable bonds is 2. The average molecular weight is 228 g/mol. The normalized spacial score (nSPS) is 12.9. The highest BCUT2D eigenvalue weighted by Gasteiger charge is 2.18. The Hall–Kier alpha value is -1.73. The van der Waals surface area contributed by atoms with Crippen LogP contribution in [0, 0.1) is 0 Å². The predicted molar refractivity (Wildman–Crippen MR) is 51.2 cm³/mol. The number of halogens is 1. The van der Waals surface area contributed by atoms with Crippen LogP contribution in [-0.2, 0) is 4.79 Å². The van der Waals surface area contributed by atoms with Crippen LogP contribution in [0.15, 0.2) is 12.7 Å². The van der Waals surface area contributed by atoms with E-state index in [2.05, 4.69) is 15.0 Å². The van der Waals surface area contributed by atoms with Gasteiger partial charge in [0.2, 0.25) is 0 Å². The summed E-state index contributed by atoms with van der Waals surface area (Å²) in [4.78, 5) is 22.1. The van der Waals surface area contributed by atoms with Crippen molar-refractivity contribution >= 4 is 28.7 Å². The lowest BCUT2D eigenvalue weighted by Gasteiger charge is -2.07. The Kier molecular flexibility index (Phi) is 2.25. The Labute approximate surface area is 88.5 Å². The molecule has 15 heavy (non-hydrogen) atoms. The molecule has 2 aromatic rings. The van der Waals surface area contributed by atoms with E-state index in [1.165, 1.54) is 17.2 Å². The van der Waals surface area contributed by atoms with Crippen LogP contribution >= 0.6 is 11.6 Å². The second kappa shape index (κ2) is 3.44. The van der Waals surface area contributed by atoms with E-state index < -0.39 is 12.1 Å². The van der Waals surface area contributed by atoms with Crippen LogP contribution < -0.4 is 5.73 Å². The van der Waals surface area contributed by atoms with Gasteiger partial charge in [-0.15, -0.1) is 0 Å². The van der Waals surface area contributed by atoms with Crippen LogP contribution in [0.2, 0.25) is 5.15 Å². The van der Waals surface area contributed by atoms with Gasteiger partial charge in [-0.25, -0.2) is 19.7 Å². The third-order valence-electron chi connectivity index (χ3n) is 1.87. The van der Waals surface area contributed by atoms with Crippen molar-refractivity contribution < 1.29 is 9.90 Å². The maximum atomic E-state index is 10.7. The van der Waals surface area contributed by atoms with Gasteiger partial charge in [0.05, 0.1) is 6.33 Å². The van der Waals surface area contributed by atoms with Crippen molar-refractivity contribution in [2.45, 2.75) is 6.17 Å². The highest BCUT2D eigenvalue weighted by atomic mass is 35.5. The Morgan fingerprint density at radius 3 is 2.93 bits per heavy atom. The van der Waals surface area contributed by atoms with Gasteiger partial charge in [0, 0.05) is 0 Å². The number of carboxylic acids is 1. The Morgan fingerprint density at radius 2 is 2.27 bits per heavy atom. The fraction of sp³-hybridized carbons (Fsp3) is 0.143. The first-order valence-corrected chi connectivity index (χ1v) is 4.30. The first-order valence-electron chi connectivity index (χ1n) is 3.92. The van der Waals surface area contributed by atoms with Crippen LogP contribution in [0.4, 0.5) is 0 Å². The molecule has 0 aliphatic rings. The Morgan fingerprint density at radius 1 is 1.53 bits per heavy atom. The number of aliphatic carboxylic acids is 1. The molecule has 1 unspecified atom stereocenters. The molecule has 78 valence electrons. The third kappa shape index (κ3) is 1.51. The summed E-state index contributed by atoms with van der Waals surface area (Å²) in [5.41, 5.74) is 6.04. The Balaban J connectivity index is 2.64. The zero-order valence-electron chi connectivity index (χ0n) is 7.33. The summed E-state index contributed by atoms with van der Waals surface area (Å²) in [5, 5.41) is 8.90. The number of fused-ring (bicyclic) bond motifs is 1. The molecule has 0 saturated carbocycles. The predicted octanol–water partition coefficient (Wildman–Crippen LogP) is 0.0216. The molecule has 0 aliphatic carbocycles. The maximum absolute atomic E-state index is 10.7. The zero-order chi connectivity index (χ0) is 11.0. The molecule has 0 aliphatic heterocycles. The van der Waals surface area contributed by atoms with E-state index in [1.54, 1.807) is 0 Å². The van der Waals surface area contributed by atoms with Crippen molar-refractivity contribution in [3.63, 3.8) is 0 Å². The van der Waals surface area contributed by atoms with Crippen molar-refractivity contribution in [2.24, 2.45) is 5.73 Å². The number of carboxylic acid groups (broad SMARTS) is 1. The molecular formula is C7H6ClN5O2. The minimum atomic E-state index is -1.24. The smallest absolute Gasteiger partial charge is 0.341 e. The summed E-state index contributed by atoms with van der Waals surface area (Å²) < 4.78 is 1.21. The largest absolute Gasteiger partial charge is 0.479 e. The van der Waals surface area contributed by atoms with E-state index in [-0.39, 0.29) is 5.15 Å². The summed E-state index contributed by atoms with van der Waals surface area (Å²) in [6.45, 7) is 0. The van der Waals surface area contributed by atoms with Crippen LogP contribution in [0.5, 0.6) is 0 Å². The molecule has 1 atom stereocenters. The van der Waals surface area contributed by atoms with Gasteiger partial charge < -0.3 is 10.8 Å². The SMILES string of the molecule is NC(C(=O)O)n1cnc2c(Cl)ncnc21. The van der Waals surface area contributed by atoms with Gasteiger partial charge in [-0.05, 0) is 0 Å². The molecule has 0 aromatic carbocycles. The lowest BCUT2D eigenvalue weighted by Crippen LogP contribution is -2.26. The molecule has 0 radical (unpaired) electrons. The van der Waals surface area contributed by atoms with Gasteiger partial charge in [0.25, 0.3) is 0 Å². The van der Waals surface area contributed by atoms with Crippen molar-refractivity contribution in [1.29, 1.82) is 0 Å². The number of hydrogen-bond donors (Lipinski definition) is 2. The quantitative estimate of drug-likeness (QED) is 0.701. The van der Waals surface area contributed by atoms with E-state index >= 15 is 0 Å². The van der Waals surface area contributed by atoms with Crippen LogP contribution in [0.1, 0.15) is 6.17 Å². The van der Waals surface area contributed by atoms with Gasteiger partial charge in [0.15, 0.2) is 17.0 Å². The minimum Gasteiger partial charge on any atom is -0.479 e. The lowest BCUT2D eigenvalue weighted by molar-refractivity contribution is -0.140. The molecule has 0 saturated heterocycles. The maximum Gasteiger partial charge on any atom is 0.341 e. The summed E-state index contributed by atoms with van der Waals surface area (Å²) in [6, 6.07) is 0. The first-order chi connectivity index (χ1) is 7.11. The fourth-order valence-electron chi connectivity index (χ4n) is 1.15. The van der Waals surface area contributed by atoms with Crippen molar-refractivity contribution in [2.75, 3.05) is 0 Å². The van der Waals surface area contributed by atoms with E-state index in [9.17, 15) is 4.79 Å². The van der Waals surface area contributed by atoms with Gasteiger partial charge in [-0.2, -0.15) is 0 Å². The molecule has 2 rings (SSSR count). The number of nitrogens with zero attached hydrogens (tertiary/aromatic N) is 4. The molecule has 8 heteroatoms. The van der Waals surface area contributed by atoms with Crippen molar-refractivity contribution in [3.8, 4) is 0 Å². The molecule has 7 nitrogen and oxygen atoms in total. The highest BCUT2D eigenvalue weighted by molar-refractivity contribution is 6.33. The topological polar surface area (TPSA) is 107 Å². The number of hydrogen-bond acceptors (Lipinski definition) is 5. The van der Waals surface area contributed by atoms with E-state index in [0.717, 1.165) is 0 Å². The lowest BCUT2D eigenvalue weighted by atomic mass is 10.5. The van der Waals surface area contributed by atoms with Gasteiger partial charge >= 0.3 is 5.97 Å². The average Bonchev–Trinajstić information content (AvgIpc) is 2.61. The molecule has 2 heterocycles. The van der Waals surface area contributed by atoms with Gasteiger partial charge in [-0.1, -0.05) is 11.6 Å². The zero-order valence-corrected chi connectivity index (χ0v) is 8.09. The minimum absolute atomic E-state index is 0.163. The molecule has 0 bridgehead atoms. The molecule has 2 aromatic heterocycles. The van der Waals surface area contributed by atoms with Gasteiger partial charge in [0.1, 0.15) is 11.8 Å². The van der Waals surface area contributed by atoms with E-state index in [4.69, 9.17) is 22.4 Å². The van der Waals surface area contributed by atoms with Crippen LogP contribution in [0.25, 0.3) is 11.2 Å². The van der Waals surface area contributed by atoms with E-state index in [0.29, 0.717) is 11.2 Å². The van der Waals surface area contributed by atoms with Crippen molar-refractivity contribution in [3.05, 3.63) is 17.8 Å². The summed E-state index contributed by atoms with van der Waals surface area (Å²) in [7, 11) is 0. The number of nitrogens with two attached hydrogens (primary N) is 1. The van der Waals surface area contributed by atoms with E-state index in [1.807, 2.05) is 0 Å². The molecular weight excluding hydrogens is 222 g/mol. The standard InChI is InChI=1S/C7H6ClN5O2/c8-4-3-6(11-1-10-4)13(2-12-3)5(9)7(14)15/h1-2,5H,9H2,(H,14,15). The number of imidazole rings is 1. The van der Waals surface area contributed by atoms with Gasteiger partial charge in [-0.3, -0.25) is 4.57 Å². The Bertz CT molecular complexity index is 525. The molecule has 0 amide bonds. The third-order valence-corrected chi connectivity index (χ3v) is 2.14. The second-order valence-electron chi connectivity index (χ2n) is 2.77. The highest BCUT2D eigenvalue weighted by Crippen LogP contribution is 2.18.